The van der Waals surface area contributed by atoms with E-state index >= 15 is 0 Å². The smallest absolute Gasteiger partial charge is 0.0562 e. The van der Waals surface area contributed by atoms with E-state index in [1.54, 1.807) is 0 Å². The van der Waals surface area contributed by atoms with Crippen molar-refractivity contribution in [2.24, 2.45) is 5.92 Å². The highest BCUT2D eigenvalue weighted by atomic mass is 15.2. The lowest BCUT2D eigenvalue weighted by molar-refractivity contribution is 0.625. The average molecular weight is 245 g/mol. The fourth-order valence-electron chi connectivity index (χ4n) is 2.94. The first kappa shape index (κ1) is 12.0. The topological polar surface area (TPSA) is 28.2 Å². The molecule has 0 radical (unpaired) electrons. The Bertz CT molecular complexity index is 414. The van der Waals surface area contributed by atoms with Crippen LogP contribution in [-0.4, -0.2) is 23.6 Å². The third-order valence-electron chi connectivity index (χ3n) is 4.06. The molecule has 1 N–H and O–H groups in total. The summed E-state index contributed by atoms with van der Waals surface area (Å²) in [4.78, 5) is 6.99. The standard InChI is InChI=1S/C15H23N3/c1-11-7-12(2)18(10-11)15-5-6-16-14(8-15)9-17-13-3-4-13/h5-6,8,11-13,17H,3-4,7,9-10H2,1-2H3. The monoisotopic (exact) mass is 245 g/mol. The molecule has 98 valence electrons. The molecule has 18 heavy (non-hydrogen) atoms. The quantitative estimate of drug-likeness (QED) is 0.883. The van der Waals surface area contributed by atoms with Crippen molar-refractivity contribution in [2.45, 2.75) is 51.7 Å². The first-order valence-electron chi connectivity index (χ1n) is 7.17. The van der Waals surface area contributed by atoms with Crippen LogP contribution in [-0.2, 0) is 6.54 Å². The van der Waals surface area contributed by atoms with Crippen LogP contribution in [0.2, 0.25) is 0 Å². The highest BCUT2D eigenvalue weighted by molar-refractivity contribution is 5.48. The molecule has 2 fully saturated rings. The van der Waals surface area contributed by atoms with Gasteiger partial charge in [-0.3, -0.25) is 4.98 Å². The predicted molar refractivity (Wildman–Crippen MR) is 74.7 cm³/mol. The summed E-state index contributed by atoms with van der Waals surface area (Å²) in [5, 5.41) is 3.53. The van der Waals surface area contributed by atoms with Gasteiger partial charge in [0.15, 0.2) is 0 Å². The highest BCUT2D eigenvalue weighted by Crippen LogP contribution is 2.28. The Hall–Kier alpha value is -1.09. The van der Waals surface area contributed by atoms with Gasteiger partial charge in [-0.15, -0.1) is 0 Å². The van der Waals surface area contributed by atoms with Crippen molar-refractivity contribution in [2.75, 3.05) is 11.4 Å². The molecule has 1 saturated heterocycles. The number of anilines is 1. The number of aromatic nitrogens is 1. The normalized spacial score (nSPS) is 27.8. The van der Waals surface area contributed by atoms with Gasteiger partial charge in [0.2, 0.25) is 0 Å². The summed E-state index contributed by atoms with van der Waals surface area (Å²) in [6.45, 7) is 6.76. The summed E-state index contributed by atoms with van der Waals surface area (Å²) in [6, 6.07) is 5.81. The van der Waals surface area contributed by atoms with Crippen LogP contribution < -0.4 is 10.2 Å². The molecule has 1 aromatic rings. The van der Waals surface area contributed by atoms with Gasteiger partial charge < -0.3 is 10.2 Å². The van der Waals surface area contributed by atoms with E-state index in [0.29, 0.717) is 6.04 Å². The minimum Gasteiger partial charge on any atom is -0.368 e. The molecule has 1 aliphatic carbocycles. The molecule has 1 aliphatic heterocycles. The SMILES string of the molecule is CC1CC(C)N(c2ccnc(CNC3CC3)c2)C1. The summed E-state index contributed by atoms with van der Waals surface area (Å²) >= 11 is 0. The largest absolute Gasteiger partial charge is 0.368 e. The van der Waals surface area contributed by atoms with E-state index < -0.39 is 0 Å². The lowest BCUT2D eigenvalue weighted by Gasteiger charge is -2.24. The van der Waals surface area contributed by atoms with Crippen LogP contribution >= 0.6 is 0 Å². The molecule has 2 heterocycles. The molecule has 0 aromatic carbocycles. The Balaban J connectivity index is 1.69. The van der Waals surface area contributed by atoms with Gasteiger partial charge in [0.25, 0.3) is 0 Å². The van der Waals surface area contributed by atoms with E-state index in [1.165, 1.54) is 37.2 Å². The van der Waals surface area contributed by atoms with Gasteiger partial charge in [0.1, 0.15) is 0 Å². The maximum absolute atomic E-state index is 4.47. The van der Waals surface area contributed by atoms with Crippen LogP contribution in [0.25, 0.3) is 0 Å². The lowest BCUT2D eigenvalue weighted by atomic mass is 10.1. The molecule has 2 aliphatic rings. The first-order chi connectivity index (χ1) is 8.72. The van der Waals surface area contributed by atoms with Crippen LogP contribution in [0.15, 0.2) is 18.3 Å². The number of nitrogens with zero attached hydrogens (tertiary/aromatic N) is 2. The van der Waals surface area contributed by atoms with Gasteiger partial charge >= 0.3 is 0 Å². The summed E-state index contributed by atoms with van der Waals surface area (Å²) in [6.07, 6.45) is 5.92. The summed E-state index contributed by atoms with van der Waals surface area (Å²) in [5.74, 6) is 0.807. The molecule has 0 amide bonds. The zero-order chi connectivity index (χ0) is 12.5. The predicted octanol–water partition coefficient (Wildman–Crippen LogP) is 2.57. The highest BCUT2D eigenvalue weighted by Gasteiger charge is 2.26. The zero-order valence-electron chi connectivity index (χ0n) is 11.4. The van der Waals surface area contributed by atoms with Crippen LogP contribution in [0.1, 0.15) is 38.8 Å². The van der Waals surface area contributed by atoms with Crippen LogP contribution in [0.3, 0.4) is 0 Å². The van der Waals surface area contributed by atoms with E-state index in [9.17, 15) is 0 Å². The summed E-state index contributed by atoms with van der Waals surface area (Å²) in [7, 11) is 0. The van der Waals surface area contributed by atoms with E-state index in [-0.39, 0.29) is 0 Å². The maximum Gasteiger partial charge on any atom is 0.0562 e. The van der Waals surface area contributed by atoms with Gasteiger partial charge in [0.05, 0.1) is 5.69 Å². The summed E-state index contributed by atoms with van der Waals surface area (Å²) in [5.41, 5.74) is 2.51. The van der Waals surface area contributed by atoms with Crippen molar-refractivity contribution < 1.29 is 0 Å². The second-order valence-electron chi connectivity index (χ2n) is 6.00. The third-order valence-corrected chi connectivity index (χ3v) is 4.06. The Labute approximate surface area is 110 Å². The van der Waals surface area contributed by atoms with E-state index in [2.05, 4.69) is 41.2 Å². The maximum atomic E-state index is 4.47. The van der Waals surface area contributed by atoms with E-state index in [0.717, 1.165) is 18.5 Å². The van der Waals surface area contributed by atoms with Gasteiger partial charge in [0, 0.05) is 37.1 Å². The Morgan fingerprint density at radius 1 is 1.39 bits per heavy atom. The number of hydrogen-bond donors (Lipinski definition) is 1. The van der Waals surface area contributed by atoms with Gasteiger partial charge in [-0.25, -0.2) is 0 Å². The molecule has 3 nitrogen and oxygen atoms in total. The molecule has 3 heteroatoms. The Morgan fingerprint density at radius 3 is 2.89 bits per heavy atom. The van der Waals surface area contributed by atoms with Gasteiger partial charge in [-0.05, 0) is 44.2 Å². The minimum atomic E-state index is 0.659. The summed E-state index contributed by atoms with van der Waals surface area (Å²) < 4.78 is 0. The van der Waals surface area contributed by atoms with Gasteiger partial charge in [-0.2, -0.15) is 0 Å². The minimum absolute atomic E-state index is 0.659. The number of hydrogen-bond acceptors (Lipinski definition) is 3. The Morgan fingerprint density at radius 2 is 2.22 bits per heavy atom. The fraction of sp³-hybridized carbons (Fsp3) is 0.667. The van der Waals surface area contributed by atoms with Crippen molar-refractivity contribution in [3.05, 3.63) is 24.0 Å². The second-order valence-corrected chi connectivity index (χ2v) is 6.00. The first-order valence-corrected chi connectivity index (χ1v) is 7.17. The number of rotatable bonds is 4. The zero-order valence-corrected chi connectivity index (χ0v) is 11.4. The van der Waals surface area contributed by atoms with Crippen LogP contribution in [0.5, 0.6) is 0 Å². The van der Waals surface area contributed by atoms with E-state index in [4.69, 9.17) is 0 Å². The lowest BCUT2D eigenvalue weighted by Crippen LogP contribution is -2.27. The average Bonchev–Trinajstić information content (AvgIpc) is 3.12. The van der Waals surface area contributed by atoms with Crippen molar-refractivity contribution in [3.63, 3.8) is 0 Å². The molecule has 0 bridgehead atoms. The molecule has 3 rings (SSSR count). The molecular weight excluding hydrogens is 222 g/mol. The molecule has 2 atom stereocenters. The van der Waals surface area contributed by atoms with Crippen LogP contribution in [0, 0.1) is 5.92 Å². The molecule has 2 unspecified atom stereocenters. The van der Waals surface area contributed by atoms with Crippen molar-refractivity contribution in [3.8, 4) is 0 Å². The molecule has 1 aromatic heterocycles. The van der Waals surface area contributed by atoms with Crippen molar-refractivity contribution in [1.29, 1.82) is 0 Å². The number of nitrogens with one attached hydrogen (secondary N) is 1. The molecular formula is C15H23N3. The number of pyridine rings is 1. The Kier molecular flexibility index (Phi) is 3.25. The van der Waals surface area contributed by atoms with Crippen molar-refractivity contribution >= 4 is 5.69 Å². The van der Waals surface area contributed by atoms with Crippen molar-refractivity contribution in [1.82, 2.24) is 10.3 Å². The fourth-order valence-corrected chi connectivity index (χ4v) is 2.94. The molecule has 1 saturated carbocycles. The van der Waals surface area contributed by atoms with E-state index in [1.807, 2.05) is 6.20 Å². The van der Waals surface area contributed by atoms with Crippen LogP contribution in [0.4, 0.5) is 5.69 Å². The second kappa shape index (κ2) is 4.88. The van der Waals surface area contributed by atoms with Gasteiger partial charge in [-0.1, -0.05) is 6.92 Å². The molecule has 0 spiro atoms. The third kappa shape index (κ3) is 2.66.